The van der Waals surface area contributed by atoms with E-state index in [0.717, 1.165) is 0 Å². The van der Waals surface area contributed by atoms with Crippen molar-refractivity contribution in [3.05, 3.63) is 35.4 Å². The van der Waals surface area contributed by atoms with Gasteiger partial charge in [-0.2, -0.15) is 0 Å². The smallest absolute Gasteiger partial charge is 0.389 e. The molecule has 0 N–H and O–H groups in total. The molecule has 0 atom stereocenters. The topological polar surface area (TPSA) is 84.2 Å². The van der Waals surface area contributed by atoms with Crippen LogP contribution in [0.3, 0.4) is 0 Å². The normalized spacial score (nSPS) is 10.2. The molecule has 0 radical (unpaired) electrons. The van der Waals surface area contributed by atoms with Gasteiger partial charge in [-0.3, -0.25) is 9.20 Å². The van der Waals surface area contributed by atoms with Crippen LogP contribution in [0.2, 0.25) is 0 Å². The van der Waals surface area contributed by atoms with E-state index in [1.54, 1.807) is 24.5 Å². The fraction of sp³-hybridized carbons (Fsp3) is 0.125. The largest absolute Gasteiger partial charge is 0.462 e. The number of carbonyl (C=O) groups is 1. The van der Waals surface area contributed by atoms with Crippen LogP contribution >= 0.6 is 0 Å². The molecule has 0 aliphatic heterocycles. The van der Waals surface area contributed by atoms with Crippen LogP contribution in [0.4, 0.5) is 0 Å². The predicted octanol–water partition coefficient (Wildman–Crippen LogP) is -0.115. The maximum absolute atomic E-state index is 11.3. The summed E-state index contributed by atoms with van der Waals surface area (Å²) < 4.78 is 10.2. The SMILES string of the molecule is COC(=O)c1c(-n2cccc2)no[n+]1[O-]. The lowest BCUT2D eigenvalue weighted by Crippen LogP contribution is -2.32. The Morgan fingerprint density at radius 2 is 2.27 bits per heavy atom. The molecule has 15 heavy (non-hydrogen) atoms. The Morgan fingerprint density at radius 3 is 2.87 bits per heavy atom. The fourth-order valence-electron chi connectivity index (χ4n) is 1.15. The molecule has 2 rings (SSSR count). The van der Waals surface area contributed by atoms with Crippen LogP contribution in [0.1, 0.15) is 10.5 Å². The number of nitrogens with zero attached hydrogens (tertiary/aromatic N) is 3. The summed E-state index contributed by atoms with van der Waals surface area (Å²) in [6.07, 6.45) is 3.26. The second kappa shape index (κ2) is 3.45. The molecule has 0 saturated carbocycles. The zero-order valence-electron chi connectivity index (χ0n) is 7.78. The van der Waals surface area contributed by atoms with Gasteiger partial charge in [0.05, 0.1) is 12.3 Å². The summed E-state index contributed by atoms with van der Waals surface area (Å²) in [4.78, 5) is 11.3. The van der Waals surface area contributed by atoms with E-state index >= 15 is 0 Å². The third kappa shape index (κ3) is 1.43. The Balaban J connectivity index is 2.54. The molecule has 78 valence electrons. The molecular weight excluding hydrogens is 202 g/mol. The zero-order chi connectivity index (χ0) is 10.8. The van der Waals surface area contributed by atoms with Crippen LogP contribution < -0.4 is 4.90 Å². The molecule has 2 aromatic heterocycles. The van der Waals surface area contributed by atoms with E-state index in [9.17, 15) is 10.0 Å². The van der Waals surface area contributed by atoms with Gasteiger partial charge in [0.15, 0.2) is 0 Å². The van der Waals surface area contributed by atoms with Crippen molar-refractivity contribution in [1.29, 1.82) is 0 Å². The van der Waals surface area contributed by atoms with E-state index < -0.39 is 5.97 Å². The molecule has 0 fully saturated rings. The van der Waals surface area contributed by atoms with Crippen molar-refractivity contribution in [2.45, 2.75) is 0 Å². The van der Waals surface area contributed by atoms with Crippen LogP contribution in [0.15, 0.2) is 29.2 Å². The van der Waals surface area contributed by atoms with Crippen molar-refractivity contribution >= 4 is 5.97 Å². The number of rotatable bonds is 2. The first-order valence-corrected chi connectivity index (χ1v) is 4.05. The number of esters is 1. The Kier molecular flexibility index (Phi) is 2.13. The number of methoxy groups -OCH3 is 1. The maximum atomic E-state index is 11.3. The summed E-state index contributed by atoms with van der Waals surface area (Å²) in [5.41, 5.74) is -0.284. The molecule has 0 aliphatic carbocycles. The van der Waals surface area contributed by atoms with Gasteiger partial charge in [-0.05, 0) is 17.0 Å². The fourth-order valence-corrected chi connectivity index (χ4v) is 1.15. The highest BCUT2D eigenvalue weighted by molar-refractivity contribution is 5.88. The Hall–Kier alpha value is -2.31. The molecule has 0 spiro atoms. The molecule has 0 aromatic carbocycles. The lowest BCUT2D eigenvalue weighted by molar-refractivity contribution is -0.804. The van der Waals surface area contributed by atoms with E-state index in [1.165, 1.54) is 11.7 Å². The summed E-state index contributed by atoms with van der Waals surface area (Å²) in [7, 11) is 1.18. The standard InChI is InChI=1S/C8H7N3O4/c1-14-8(12)6-7(9-15-11(6)13)10-4-2-3-5-10/h2-5H,1H3. The summed E-state index contributed by atoms with van der Waals surface area (Å²) in [6.45, 7) is 0. The maximum Gasteiger partial charge on any atom is 0.389 e. The van der Waals surface area contributed by atoms with Gasteiger partial charge in [-0.25, -0.2) is 4.79 Å². The van der Waals surface area contributed by atoms with E-state index in [2.05, 4.69) is 14.5 Å². The Labute approximate surface area is 84.0 Å². The summed E-state index contributed by atoms with van der Waals surface area (Å²) in [5, 5.41) is 14.6. The van der Waals surface area contributed by atoms with Crippen LogP contribution in [0.25, 0.3) is 5.82 Å². The first-order chi connectivity index (χ1) is 7.24. The molecule has 7 nitrogen and oxygen atoms in total. The van der Waals surface area contributed by atoms with Gasteiger partial charge in [-0.15, -0.1) is 0 Å². The molecule has 2 heterocycles. The highest BCUT2D eigenvalue weighted by atomic mass is 16.8. The van der Waals surface area contributed by atoms with Crippen LogP contribution in [-0.4, -0.2) is 22.8 Å². The quantitative estimate of drug-likeness (QED) is 0.508. The molecule has 0 aliphatic rings. The lowest BCUT2D eigenvalue weighted by Gasteiger charge is -1.96. The molecule has 0 bridgehead atoms. The van der Waals surface area contributed by atoms with Gasteiger partial charge in [0.1, 0.15) is 0 Å². The van der Waals surface area contributed by atoms with Gasteiger partial charge < -0.3 is 9.94 Å². The van der Waals surface area contributed by atoms with Crippen LogP contribution in [-0.2, 0) is 4.74 Å². The highest BCUT2D eigenvalue weighted by Crippen LogP contribution is 2.09. The third-order valence-corrected chi connectivity index (χ3v) is 1.82. The van der Waals surface area contributed by atoms with E-state index in [4.69, 9.17) is 0 Å². The van der Waals surface area contributed by atoms with Crippen molar-refractivity contribution in [3.63, 3.8) is 0 Å². The summed E-state index contributed by atoms with van der Waals surface area (Å²) >= 11 is 0. The minimum absolute atomic E-state index is 0.0150. The van der Waals surface area contributed by atoms with Crippen molar-refractivity contribution in [2.75, 3.05) is 7.11 Å². The average molecular weight is 209 g/mol. The lowest BCUT2D eigenvalue weighted by atomic mass is 10.4. The minimum atomic E-state index is -0.796. The van der Waals surface area contributed by atoms with Gasteiger partial charge >= 0.3 is 17.5 Å². The number of ether oxygens (including phenoxy) is 1. The monoisotopic (exact) mass is 209 g/mol. The minimum Gasteiger partial charge on any atom is -0.462 e. The third-order valence-electron chi connectivity index (χ3n) is 1.82. The predicted molar refractivity (Wildman–Crippen MR) is 46.1 cm³/mol. The molecule has 7 heteroatoms. The highest BCUT2D eigenvalue weighted by Gasteiger charge is 2.28. The van der Waals surface area contributed by atoms with Gasteiger partial charge in [0.2, 0.25) is 0 Å². The Bertz CT molecular complexity index is 474. The van der Waals surface area contributed by atoms with Crippen LogP contribution in [0.5, 0.6) is 0 Å². The zero-order valence-corrected chi connectivity index (χ0v) is 7.78. The van der Waals surface area contributed by atoms with Crippen molar-refractivity contribution in [3.8, 4) is 5.82 Å². The molecule has 0 saturated heterocycles. The van der Waals surface area contributed by atoms with Crippen LogP contribution in [0, 0.1) is 5.21 Å². The summed E-state index contributed by atoms with van der Waals surface area (Å²) in [5.74, 6) is -0.697. The molecule has 0 amide bonds. The van der Waals surface area contributed by atoms with E-state index in [1.807, 2.05) is 0 Å². The van der Waals surface area contributed by atoms with Gasteiger partial charge in [-0.1, -0.05) is 0 Å². The van der Waals surface area contributed by atoms with Gasteiger partial charge in [0.25, 0.3) is 0 Å². The molecule has 2 aromatic rings. The summed E-state index contributed by atoms with van der Waals surface area (Å²) in [6, 6.07) is 3.45. The van der Waals surface area contributed by atoms with Crippen molar-refractivity contribution in [1.82, 2.24) is 9.72 Å². The Morgan fingerprint density at radius 1 is 1.60 bits per heavy atom. The second-order valence-corrected chi connectivity index (χ2v) is 2.68. The average Bonchev–Trinajstić information content (AvgIpc) is 2.85. The number of hydrogen-bond donors (Lipinski definition) is 0. The molecular formula is C8H7N3O4. The number of carbonyl (C=O) groups excluding carboxylic acids is 1. The number of aromatic nitrogens is 3. The molecule has 0 unspecified atom stereocenters. The van der Waals surface area contributed by atoms with E-state index in [-0.39, 0.29) is 16.4 Å². The first-order valence-electron chi connectivity index (χ1n) is 4.05. The van der Waals surface area contributed by atoms with E-state index in [0.29, 0.717) is 0 Å². The van der Waals surface area contributed by atoms with Gasteiger partial charge in [0, 0.05) is 12.4 Å². The second-order valence-electron chi connectivity index (χ2n) is 2.68. The van der Waals surface area contributed by atoms with Crippen molar-refractivity contribution in [2.24, 2.45) is 0 Å². The van der Waals surface area contributed by atoms with Crippen molar-refractivity contribution < 1.29 is 19.1 Å². The number of hydrogen-bond acceptors (Lipinski definition) is 5. The first kappa shape index (κ1) is 9.25.